The minimum absolute atomic E-state index is 0.112. The lowest BCUT2D eigenvalue weighted by molar-refractivity contribution is -0.126. The molecular weight excluding hydrogens is 466 g/mol. The molecule has 0 aliphatic heterocycles. The molecule has 0 atom stereocenters. The highest BCUT2D eigenvalue weighted by molar-refractivity contribution is 7.80. The number of hydrogen-bond donors (Lipinski definition) is 1. The van der Waals surface area contributed by atoms with Gasteiger partial charge in [0, 0.05) is 24.2 Å². The van der Waals surface area contributed by atoms with Gasteiger partial charge in [0.15, 0.2) is 5.11 Å². The zero-order chi connectivity index (χ0) is 26.0. The molecule has 0 bridgehead atoms. The molecule has 0 saturated heterocycles. The topological polar surface area (TPSA) is 52.7 Å². The van der Waals surface area contributed by atoms with Crippen molar-refractivity contribution in [3.8, 4) is 0 Å². The van der Waals surface area contributed by atoms with Crippen LogP contribution in [0.2, 0.25) is 5.02 Å². The molecule has 0 aromatic heterocycles. The van der Waals surface area contributed by atoms with Crippen LogP contribution in [0.1, 0.15) is 62.5 Å². The molecule has 34 heavy (non-hydrogen) atoms. The number of halogens is 1. The molecule has 7 heteroatoms. The number of likely N-dealkylation sites (N-methyl/N-ethyl adjacent to an activating group) is 1. The number of aryl methyl sites for hydroxylation is 2. The monoisotopic (exact) mass is 501 g/mol. The first-order valence-corrected chi connectivity index (χ1v) is 12.2. The Balaban J connectivity index is 0.00000182. The number of carbonyl (C=O) groups excluding carboxylic acids is 2. The van der Waals surface area contributed by atoms with Crippen LogP contribution in [0.3, 0.4) is 0 Å². The lowest BCUT2D eigenvalue weighted by Crippen LogP contribution is -2.46. The highest BCUT2D eigenvalue weighted by atomic mass is 35.5. The smallest absolute Gasteiger partial charge is 0.270 e. The minimum Gasteiger partial charge on any atom is -0.341 e. The SMILES string of the molecule is CCC.CCN(C)C(=O)C(NC(=S)N(C(=O)c1ccc(C)cc1C)c1ccc(Cl)cc1)=C(C)C. The van der Waals surface area contributed by atoms with Gasteiger partial charge >= 0.3 is 0 Å². The van der Waals surface area contributed by atoms with E-state index in [1.54, 1.807) is 42.3 Å². The Morgan fingerprint density at radius 2 is 1.56 bits per heavy atom. The summed E-state index contributed by atoms with van der Waals surface area (Å²) in [4.78, 5) is 29.4. The third-order valence-corrected chi connectivity index (χ3v) is 5.41. The molecular formula is C27H36ClN3O2S. The van der Waals surface area contributed by atoms with E-state index >= 15 is 0 Å². The van der Waals surface area contributed by atoms with Crippen LogP contribution < -0.4 is 10.2 Å². The van der Waals surface area contributed by atoms with Gasteiger partial charge in [-0.2, -0.15) is 0 Å². The summed E-state index contributed by atoms with van der Waals surface area (Å²) in [6.45, 7) is 14.2. The van der Waals surface area contributed by atoms with Crippen LogP contribution in [0.15, 0.2) is 53.7 Å². The number of anilines is 1. The second-order valence-corrected chi connectivity index (χ2v) is 9.09. The Bertz CT molecular complexity index is 1040. The van der Waals surface area contributed by atoms with Crippen LogP contribution >= 0.6 is 23.8 Å². The van der Waals surface area contributed by atoms with Gasteiger partial charge in [0.25, 0.3) is 11.8 Å². The minimum atomic E-state index is -0.290. The van der Waals surface area contributed by atoms with E-state index in [0.717, 1.165) is 16.7 Å². The van der Waals surface area contributed by atoms with Gasteiger partial charge in [0.05, 0.1) is 5.69 Å². The van der Waals surface area contributed by atoms with Crippen molar-refractivity contribution in [3.05, 3.63) is 75.4 Å². The number of rotatable bonds is 5. The zero-order valence-electron chi connectivity index (χ0n) is 21.5. The average Bonchev–Trinajstić information content (AvgIpc) is 2.78. The van der Waals surface area contributed by atoms with Gasteiger partial charge in [-0.3, -0.25) is 14.5 Å². The number of amides is 2. The molecule has 2 amide bonds. The summed E-state index contributed by atoms with van der Waals surface area (Å²) < 4.78 is 0. The molecule has 2 rings (SSSR count). The maximum atomic E-state index is 13.6. The van der Waals surface area contributed by atoms with Crippen molar-refractivity contribution in [2.24, 2.45) is 0 Å². The molecule has 0 spiro atoms. The third-order valence-electron chi connectivity index (χ3n) is 4.87. The molecule has 184 valence electrons. The lowest BCUT2D eigenvalue weighted by Gasteiger charge is -2.27. The Morgan fingerprint density at radius 3 is 2.03 bits per heavy atom. The first-order chi connectivity index (χ1) is 16.0. The quantitative estimate of drug-likeness (QED) is 0.367. The zero-order valence-corrected chi connectivity index (χ0v) is 23.0. The molecule has 2 aromatic carbocycles. The van der Waals surface area contributed by atoms with Crippen LogP contribution in [0.5, 0.6) is 0 Å². The molecule has 0 fully saturated rings. The van der Waals surface area contributed by atoms with Gasteiger partial charge < -0.3 is 10.2 Å². The van der Waals surface area contributed by atoms with Crippen molar-refractivity contribution in [2.75, 3.05) is 18.5 Å². The number of nitrogens with zero attached hydrogens (tertiary/aromatic N) is 2. The number of benzene rings is 2. The normalized spacial score (nSPS) is 9.91. The number of carbonyl (C=O) groups is 2. The summed E-state index contributed by atoms with van der Waals surface area (Å²) in [5.74, 6) is -0.485. The van der Waals surface area contributed by atoms with Crippen molar-refractivity contribution >= 4 is 46.4 Å². The van der Waals surface area contributed by atoms with Crippen LogP contribution in [0, 0.1) is 13.8 Å². The van der Waals surface area contributed by atoms with Crippen LogP contribution in [0.25, 0.3) is 0 Å². The number of hydrogen-bond acceptors (Lipinski definition) is 3. The first-order valence-electron chi connectivity index (χ1n) is 11.4. The Morgan fingerprint density at radius 1 is 1.00 bits per heavy atom. The Kier molecular flexibility index (Phi) is 12.0. The fraction of sp³-hybridized carbons (Fsp3) is 0.370. The van der Waals surface area contributed by atoms with Gasteiger partial charge in [-0.25, -0.2) is 0 Å². The van der Waals surface area contributed by atoms with E-state index in [1.807, 2.05) is 46.8 Å². The summed E-state index contributed by atoms with van der Waals surface area (Å²) in [7, 11) is 1.72. The van der Waals surface area contributed by atoms with E-state index < -0.39 is 0 Å². The summed E-state index contributed by atoms with van der Waals surface area (Å²) in [6, 6.07) is 12.5. The number of nitrogens with one attached hydrogen (secondary N) is 1. The molecule has 0 radical (unpaired) electrons. The van der Waals surface area contributed by atoms with Crippen LogP contribution in [0.4, 0.5) is 5.69 Å². The van der Waals surface area contributed by atoms with Gasteiger partial charge in [0.2, 0.25) is 0 Å². The molecule has 0 aliphatic carbocycles. The molecule has 0 saturated carbocycles. The molecule has 0 aliphatic rings. The molecule has 0 heterocycles. The predicted molar refractivity (Wildman–Crippen MR) is 148 cm³/mol. The van der Waals surface area contributed by atoms with E-state index in [2.05, 4.69) is 19.2 Å². The molecule has 2 aromatic rings. The summed E-state index contributed by atoms with van der Waals surface area (Å²) >= 11 is 11.7. The molecule has 5 nitrogen and oxygen atoms in total. The lowest BCUT2D eigenvalue weighted by atomic mass is 10.0. The number of allylic oxidation sites excluding steroid dienone is 1. The van der Waals surface area contributed by atoms with E-state index in [4.69, 9.17) is 23.8 Å². The Hall–Kier alpha value is -2.70. The van der Waals surface area contributed by atoms with Gasteiger partial charge in [-0.15, -0.1) is 0 Å². The van der Waals surface area contributed by atoms with Crippen LogP contribution in [-0.2, 0) is 4.79 Å². The van der Waals surface area contributed by atoms with Crippen molar-refractivity contribution < 1.29 is 9.59 Å². The average molecular weight is 502 g/mol. The highest BCUT2D eigenvalue weighted by Gasteiger charge is 2.26. The molecule has 1 N–H and O–H groups in total. The first kappa shape index (κ1) is 29.3. The fourth-order valence-corrected chi connectivity index (χ4v) is 3.40. The summed E-state index contributed by atoms with van der Waals surface area (Å²) in [5.41, 5.74) is 4.10. The van der Waals surface area contributed by atoms with E-state index in [9.17, 15) is 9.59 Å². The van der Waals surface area contributed by atoms with Crippen molar-refractivity contribution in [3.63, 3.8) is 0 Å². The van der Waals surface area contributed by atoms with Gasteiger partial charge in [0.1, 0.15) is 5.70 Å². The standard InChI is InChI=1S/C24H28ClN3O2S.C3H8/c1-7-27(6)23(30)21(15(2)3)26-24(31)28(19-11-9-18(25)10-12-19)22(29)20-13-8-16(4)14-17(20)5;1-3-2/h8-14H,7H2,1-6H3,(H,26,31);3H2,1-2H3. The second kappa shape index (κ2) is 13.9. The van der Waals surface area contributed by atoms with Crippen molar-refractivity contribution in [1.29, 1.82) is 0 Å². The largest absolute Gasteiger partial charge is 0.341 e. The maximum Gasteiger partial charge on any atom is 0.270 e. The predicted octanol–water partition coefficient (Wildman–Crippen LogP) is 6.67. The second-order valence-electron chi connectivity index (χ2n) is 8.27. The Labute approximate surface area is 214 Å². The van der Waals surface area contributed by atoms with Crippen LogP contribution in [-0.4, -0.2) is 35.4 Å². The van der Waals surface area contributed by atoms with E-state index in [-0.39, 0.29) is 16.9 Å². The third kappa shape index (κ3) is 7.96. The maximum absolute atomic E-state index is 13.6. The number of thiocarbonyl (C=S) groups is 1. The summed E-state index contributed by atoms with van der Waals surface area (Å²) in [6.07, 6.45) is 1.25. The van der Waals surface area contributed by atoms with Gasteiger partial charge in [-0.1, -0.05) is 49.6 Å². The summed E-state index contributed by atoms with van der Waals surface area (Å²) in [5, 5.41) is 3.68. The van der Waals surface area contributed by atoms with Gasteiger partial charge in [-0.05, 0) is 88.3 Å². The molecule has 0 unspecified atom stereocenters. The van der Waals surface area contributed by atoms with Crippen molar-refractivity contribution in [2.45, 2.75) is 54.9 Å². The van der Waals surface area contributed by atoms with E-state index in [0.29, 0.717) is 28.5 Å². The fourth-order valence-electron chi connectivity index (χ4n) is 2.98. The highest BCUT2D eigenvalue weighted by Crippen LogP contribution is 2.23. The van der Waals surface area contributed by atoms with E-state index in [1.165, 1.54) is 11.3 Å². The van der Waals surface area contributed by atoms with Crippen molar-refractivity contribution in [1.82, 2.24) is 10.2 Å².